The number of thiazole rings is 1. The van der Waals surface area contributed by atoms with Crippen molar-refractivity contribution in [2.45, 2.75) is 18.8 Å². The molecule has 23 heavy (non-hydrogen) atoms. The van der Waals surface area contributed by atoms with Crippen LogP contribution < -0.4 is 10.5 Å². The minimum Gasteiger partial charge on any atom is -0.368 e. The minimum atomic E-state index is -0.341. The molecule has 0 aliphatic carbocycles. The molecule has 1 atom stereocenters. The topological polar surface area (TPSA) is 61.9 Å². The van der Waals surface area contributed by atoms with Gasteiger partial charge in [0.1, 0.15) is 5.02 Å². The summed E-state index contributed by atoms with van der Waals surface area (Å²) in [5.41, 5.74) is 1.42. The Morgan fingerprint density at radius 1 is 1.35 bits per heavy atom. The lowest BCUT2D eigenvalue weighted by Gasteiger charge is -2.33. The van der Waals surface area contributed by atoms with Crippen LogP contribution in [-0.4, -0.2) is 28.3 Å². The molecule has 3 aromatic rings. The molecule has 0 spiro atoms. The van der Waals surface area contributed by atoms with Crippen LogP contribution in [-0.2, 0) is 0 Å². The smallest absolute Gasteiger partial charge is 0.285 e. The van der Waals surface area contributed by atoms with Crippen molar-refractivity contribution in [3.05, 3.63) is 50.8 Å². The first-order valence-electron chi connectivity index (χ1n) is 7.56. The molecule has 1 aliphatic heterocycles. The van der Waals surface area contributed by atoms with E-state index in [9.17, 15) is 4.79 Å². The van der Waals surface area contributed by atoms with Gasteiger partial charge in [0.25, 0.3) is 5.56 Å². The molecule has 0 bridgehead atoms. The van der Waals surface area contributed by atoms with Crippen molar-refractivity contribution in [2.75, 3.05) is 18.0 Å². The molecule has 1 unspecified atom stereocenters. The Bertz CT molecular complexity index is 873. The minimum absolute atomic E-state index is 0.213. The number of aromatic amines is 1. The van der Waals surface area contributed by atoms with Crippen LogP contribution in [0.3, 0.4) is 0 Å². The molecule has 4 rings (SSSR count). The summed E-state index contributed by atoms with van der Waals surface area (Å²) in [7, 11) is 0. The van der Waals surface area contributed by atoms with Gasteiger partial charge in [-0.25, -0.2) is 10.1 Å². The fourth-order valence-electron chi connectivity index (χ4n) is 3.06. The van der Waals surface area contributed by atoms with Crippen molar-refractivity contribution in [3.8, 4) is 0 Å². The predicted octanol–water partition coefficient (Wildman–Crippen LogP) is 3.42. The summed E-state index contributed by atoms with van der Waals surface area (Å²) >= 11 is 7.90. The Hall–Kier alpha value is -1.92. The van der Waals surface area contributed by atoms with Crippen molar-refractivity contribution in [3.63, 3.8) is 0 Å². The molecule has 5 nitrogen and oxygen atoms in total. The van der Waals surface area contributed by atoms with E-state index in [1.54, 1.807) is 17.5 Å². The highest BCUT2D eigenvalue weighted by atomic mass is 35.5. The fraction of sp³-hybridized carbons (Fsp3) is 0.312. The third kappa shape index (κ3) is 2.72. The second-order valence-electron chi connectivity index (χ2n) is 5.70. The molecular weight excluding hydrogens is 332 g/mol. The van der Waals surface area contributed by atoms with E-state index in [0.717, 1.165) is 36.5 Å². The van der Waals surface area contributed by atoms with Crippen LogP contribution in [0.5, 0.6) is 0 Å². The summed E-state index contributed by atoms with van der Waals surface area (Å²) in [5, 5.41) is 7.61. The second-order valence-corrected chi connectivity index (χ2v) is 7.14. The average Bonchev–Trinajstić information content (AvgIpc) is 3.02. The van der Waals surface area contributed by atoms with Gasteiger partial charge in [-0.05, 0) is 25.0 Å². The number of rotatable bonds is 2. The van der Waals surface area contributed by atoms with Gasteiger partial charge in [-0.3, -0.25) is 4.79 Å². The lowest BCUT2D eigenvalue weighted by Crippen LogP contribution is -2.35. The van der Waals surface area contributed by atoms with Crippen LogP contribution in [0, 0.1) is 0 Å². The molecule has 1 N–H and O–H groups in total. The third-order valence-corrected chi connectivity index (χ3v) is 5.76. The van der Waals surface area contributed by atoms with Crippen LogP contribution in [0.15, 0.2) is 35.3 Å². The lowest BCUT2D eigenvalue weighted by molar-refractivity contribution is 0.508. The molecule has 7 heteroatoms. The van der Waals surface area contributed by atoms with Crippen LogP contribution in [0.4, 0.5) is 5.69 Å². The fourth-order valence-corrected chi connectivity index (χ4v) is 4.36. The van der Waals surface area contributed by atoms with Crippen molar-refractivity contribution in [1.29, 1.82) is 0 Å². The maximum absolute atomic E-state index is 11.7. The molecule has 1 aliphatic rings. The number of halogens is 1. The molecule has 0 saturated carbocycles. The molecule has 3 heterocycles. The maximum Gasteiger partial charge on any atom is 0.285 e. The van der Waals surface area contributed by atoms with Crippen molar-refractivity contribution in [2.24, 2.45) is 0 Å². The molecular formula is C16H15ClN4OS. The third-order valence-electron chi connectivity index (χ3n) is 4.20. The van der Waals surface area contributed by atoms with E-state index < -0.39 is 0 Å². The monoisotopic (exact) mass is 346 g/mol. The van der Waals surface area contributed by atoms with Crippen molar-refractivity contribution < 1.29 is 0 Å². The Labute approximate surface area is 141 Å². The van der Waals surface area contributed by atoms with E-state index in [1.165, 1.54) is 4.70 Å². The van der Waals surface area contributed by atoms with Gasteiger partial charge in [-0.1, -0.05) is 23.7 Å². The van der Waals surface area contributed by atoms with E-state index >= 15 is 0 Å². The highest BCUT2D eigenvalue weighted by Crippen LogP contribution is 2.35. The summed E-state index contributed by atoms with van der Waals surface area (Å²) in [6.07, 6.45) is 3.78. The largest absolute Gasteiger partial charge is 0.368 e. The zero-order valence-corrected chi connectivity index (χ0v) is 13.9. The summed E-state index contributed by atoms with van der Waals surface area (Å²) in [6, 6.07) is 8.21. The number of para-hydroxylation sites is 1. The first kappa shape index (κ1) is 14.7. The number of fused-ring (bicyclic) bond motifs is 1. The summed E-state index contributed by atoms with van der Waals surface area (Å²) in [4.78, 5) is 18.6. The van der Waals surface area contributed by atoms with Gasteiger partial charge in [-0.2, -0.15) is 5.10 Å². The van der Waals surface area contributed by atoms with Gasteiger partial charge in [0.05, 0.1) is 27.1 Å². The van der Waals surface area contributed by atoms with Crippen molar-refractivity contribution in [1.82, 2.24) is 15.2 Å². The van der Waals surface area contributed by atoms with E-state index in [-0.39, 0.29) is 10.6 Å². The Morgan fingerprint density at radius 3 is 3.09 bits per heavy atom. The van der Waals surface area contributed by atoms with E-state index in [1.807, 2.05) is 18.2 Å². The zero-order chi connectivity index (χ0) is 15.8. The number of H-pyrrole nitrogens is 1. The number of hydrogen-bond donors (Lipinski definition) is 1. The molecule has 0 radical (unpaired) electrons. The van der Waals surface area contributed by atoms with Gasteiger partial charge in [0, 0.05) is 19.0 Å². The standard InChI is InChI=1S/C16H15ClN4OS/c17-14-12(8-18-20-15(14)22)21-7-3-4-10(9-21)16-19-11-5-1-2-6-13(11)23-16/h1-2,5-6,8,10H,3-4,7,9H2,(H,20,22). The van der Waals surface area contributed by atoms with Crippen LogP contribution in [0.1, 0.15) is 23.8 Å². The van der Waals surface area contributed by atoms with E-state index in [0.29, 0.717) is 11.6 Å². The highest BCUT2D eigenvalue weighted by molar-refractivity contribution is 7.18. The SMILES string of the molecule is O=c1[nH]ncc(N2CCCC(c3nc4ccccc4s3)C2)c1Cl. The predicted molar refractivity (Wildman–Crippen MR) is 93.7 cm³/mol. The first-order valence-corrected chi connectivity index (χ1v) is 8.75. The van der Waals surface area contributed by atoms with Gasteiger partial charge >= 0.3 is 0 Å². The Balaban J connectivity index is 1.64. The molecule has 118 valence electrons. The molecule has 1 fully saturated rings. The summed E-state index contributed by atoms with van der Waals surface area (Å²) < 4.78 is 1.22. The Kier molecular flexibility index (Phi) is 3.79. The lowest BCUT2D eigenvalue weighted by atomic mass is 9.98. The average molecular weight is 347 g/mol. The number of nitrogens with zero attached hydrogens (tertiary/aromatic N) is 3. The van der Waals surface area contributed by atoms with Gasteiger partial charge in [-0.15, -0.1) is 11.3 Å². The molecule has 2 aromatic heterocycles. The number of hydrogen-bond acceptors (Lipinski definition) is 5. The van der Waals surface area contributed by atoms with Gasteiger partial charge in [0.2, 0.25) is 0 Å². The van der Waals surface area contributed by atoms with E-state index in [2.05, 4.69) is 21.2 Å². The molecule has 0 amide bonds. The number of nitrogens with one attached hydrogen (secondary N) is 1. The zero-order valence-electron chi connectivity index (χ0n) is 12.3. The first-order chi connectivity index (χ1) is 11.2. The van der Waals surface area contributed by atoms with Gasteiger partial charge < -0.3 is 4.90 Å². The molecule has 1 aromatic carbocycles. The quantitative estimate of drug-likeness (QED) is 0.772. The number of aromatic nitrogens is 3. The molecule has 1 saturated heterocycles. The number of anilines is 1. The Morgan fingerprint density at radius 2 is 2.22 bits per heavy atom. The van der Waals surface area contributed by atoms with Crippen LogP contribution >= 0.6 is 22.9 Å². The van der Waals surface area contributed by atoms with Gasteiger partial charge in [0.15, 0.2) is 0 Å². The normalized spacial score (nSPS) is 18.5. The van der Waals surface area contributed by atoms with Crippen molar-refractivity contribution >= 4 is 38.8 Å². The number of piperidine rings is 1. The highest BCUT2D eigenvalue weighted by Gasteiger charge is 2.26. The summed E-state index contributed by atoms with van der Waals surface area (Å²) in [6.45, 7) is 1.69. The van der Waals surface area contributed by atoms with Crippen LogP contribution in [0.2, 0.25) is 5.02 Å². The summed E-state index contributed by atoms with van der Waals surface area (Å²) in [5.74, 6) is 0.358. The second kappa shape index (κ2) is 5.94. The van der Waals surface area contributed by atoms with Crippen LogP contribution in [0.25, 0.3) is 10.2 Å². The maximum atomic E-state index is 11.7. The van der Waals surface area contributed by atoms with E-state index in [4.69, 9.17) is 16.6 Å². The number of benzene rings is 1.